The Morgan fingerprint density at radius 3 is 1.26 bits per heavy atom. The lowest BCUT2D eigenvalue weighted by molar-refractivity contribution is -0.153. The van der Waals surface area contributed by atoms with Gasteiger partial charge in [0.2, 0.25) is 0 Å². The van der Waals surface area contributed by atoms with Crippen molar-refractivity contribution in [3.8, 4) is 0 Å². The van der Waals surface area contributed by atoms with Gasteiger partial charge in [-0.15, -0.1) is 0 Å². The molecule has 0 radical (unpaired) electrons. The van der Waals surface area contributed by atoms with Crippen LogP contribution in [0.5, 0.6) is 0 Å². The van der Waals surface area contributed by atoms with Gasteiger partial charge < -0.3 is 14.2 Å². The fourth-order valence-electron chi connectivity index (χ4n) is 1.03. The molecule has 0 rings (SSSR count). The molecule has 0 aliphatic carbocycles. The molecule has 0 heterocycles. The average molecular weight is 326 g/mol. The van der Waals surface area contributed by atoms with E-state index in [0.29, 0.717) is 0 Å². The molecule has 0 saturated heterocycles. The first-order valence-corrected chi connectivity index (χ1v) is 7.16. The molecule has 0 saturated carbocycles. The maximum absolute atomic E-state index is 11.3. The van der Waals surface area contributed by atoms with Crippen LogP contribution >= 0.6 is 0 Å². The molecule has 7 heteroatoms. The highest BCUT2D eigenvalue weighted by atomic mass is 16.6. The first kappa shape index (κ1) is 20.6. The van der Waals surface area contributed by atoms with Crippen LogP contribution in [-0.4, -0.2) is 37.1 Å². The zero-order valence-electron chi connectivity index (χ0n) is 13.7. The van der Waals surface area contributed by atoms with E-state index in [1.807, 2.05) is 27.7 Å². The fourth-order valence-corrected chi connectivity index (χ4v) is 1.03. The minimum atomic E-state index is -1.04. The van der Waals surface area contributed by atoms with E-state index in [1.165, 1.54) is 0 Å². The van der Waals surface area contributed by atoms with Gasteiger partial charge in [0.1, 0.15) is 0 Å². The number of hydrogen-bond acceptors (Lipinski definition) is 7. The van der Waals surface area contributed by atoms with Crippen molar-refractivity contribution >= 4 is 23.9 Å². The minimum absolute atomic E-state index is 0.168. The summed E-state index contributed by atoms with van der Waals surface area (Å²) in [6.07, 6.45) is 3.26. The van der Waals surface area contributed by atoms with Crippen LogP contribution < -0.4 is 0 Å². The number of esters is 4. The largest absolute Gasteiger partial charge is 0.462 e. The molecule has 0 aromatic rings. The van der Waals surface area contributed by atoms with Crippen LogP contribution in [0.1, 0.15) is 27.7 Å². The summed E-state index contributed by atoms with van der Waals surface area (Å²) >= 11 is 0. The van der Waals surface area contributed by atoms with Gasteiger partial charge in [-0.3, -0.25) is 0 Å². The van der Waals surface area contributed by atoms with Crippen LogP contribution in [-0.2, 0) is 33.4 Å². The van der Waals surface area contributed by atoms with E-state index in [-0.39, 0.29) is 25.0 Å². The lowest BCUT2D eigenvalue weighted by Crippen LogP contribution is -2.11. The van der Waals surface area contributed by atoms with E-state index in [2.05, 4.69) is 4.74 Å². The molecule has 0 spiro atoms. The fraction of sp³-hybridized carbons (Fsp3) is 0.500. The van der Waals surface area contributed by atoms with Crippen LogP contribution in [0.3, 0.4) is 0 Å². The SMILES string of the molecule is CC(C)COC(=O)/C=C\C(=O)OC(=O)/C=C\C(=O)OCC(C)C. The number of hydrogen-bond donors (Lipinski definition) is 0. The predicted octanol–water partition coefficient (Wildman–Crippen LogP) is 1.57. The zero-order valence-corrected chi connectivity index (χ0v) is 13.7. The van der Waals surface area contributed by atoms with Crippen molar-refractivity contribution in [1.29, 1.82) is 0 Å². The number of carbonyl (C=O) groups is 4. The molecule has 0 N–H and O–H groups in total. The van der Waals surface area contributed by atoms with E-state index in [9.17, 15) is 19.2 Å². The number of carbonyl (C=O) groups excluding carboxylic acids is 4. The monoisotopic (exact) mass is 326 g/mol. The highest BCUT2D eigenvalue weighted by molar-refractivity contribution is 6.00. The summed E-state index contributed by atoms with van der Waals surface area (Å²) < 4.78 is 13.9. The molecule has 7 nitrogen and oxygen atoms in total. The van der Waals surface area contributed by atoms with Crippen molar-refractivity contribution in [1.82, 2.24) is 0 Å². The molecule has 0 bridgehead atoms. The molecule has 0 amide bonds. The Balaban J connectivity index is 4.17. The lowest BCUT2D eigenvalue weighted by Gasteiger charge is -2.03. The molecular formula is C16H22O7. The third-order valence-electron chi connectivity index (χ3n) is 2.03. The number of rotatable bonds is 8. The second kappa shape index (κ2) is 11.2. The summed E-state index contributed by atoms with van der Waals surface area (Å²) in [5, 5.41) is 0. The van der Waals surface area contributed by atoms with Crippen molar-refractivity contribution in [3.05, 3.63) is 24.3 Å². The van der Waals surface area contributed by atoms with Gasteiger partial charge in [-0.1, -0.05) is 27.7 Å². The van der Waals surface area contributed by atoms with Gasteiger partial charge in [0.05, 0.1) is 13.2 Å². The first-order valence-electron chi connectivity index (χ1n) is 7.16. The smallest absolute Gasteiger partial charge is 0.338 e. The quantitative estimate of drug-likeness (QED) is 0.289. The molecular weight excluding hydrogens is 304 g/mol. The van der Waals surface area contributed by atoms with Gasteiger partial charge in [-0.05, 0) is 11.8 Å². The third kappa shape index (κ3) is 13.0. The summed E-state index contributed by atoms with van der Waals surface area (Å²) in [6, 6.07) is 0. The minimum Gasteiger partial charge on any atom is -0.462 e. The lowest BCUT2D eigenvalue weighted by atomic mass is 10.2. The normalized spacial score (nSPS) is 11.2. The number of ether oxygens (including phenoxy) is 3. The van der Waals surface area contributed by atoms with Crippen molar-refractivity contribution in [2.75, 3.05) is 13.2 Å². The summed E-state index contributed by atoms with van der Waals surface area (Å²) in [7, 11) is 0. The molecule has 0 fully saturated rings. The first-order chi connectivity index (χ1) is 10.7. The van der Waals surface area contributed by atoms with Crippen molar-refractivity contribution in [2.45, 2.75) is 27.7 Å². The third-order valence-corrected chi connectivity index (χ3v) is 2.03. The highest BCUT2D eigenvalue weighted by Gasteiger charge is 2.07. The second-order valence-corrected chi connectivity index (χ2v) is 5.45. The van der Waals surface area contributed by atoms with E-state index in [1.54, 1.807) is 0 Å². The molecule has 23 heavy (non-hydrogen) atoms. The van der Waals surface area contributed by atoms with Crippen molar-refractivity contribution in [2.24, 2.45) is 11.8 Å². The Morgan fingerprint density at radius 1 is 0.652 bits per heavy atom. The van der Waals surface area contributed by atoms with Gasteiger partial charge in [-0.25, -0.2) is 19.2 Å². The highest BCUT2D eigenvalue weighted by Crippen LogP contribution is 1.95. The summed E-state index contributed by atoms with van der Waals surface area (Å²) in [4.78, 5) is 44.9. The van der Waals surface area contributed by atoms with E-state index >= 15 is 0 Å². The van der Waals surface area contributed by atoms with Crippen LogP contribution in [0.15, 0.2) is 24.3 Å². The molecule has 0 aliphatic heterocycles. The maximum Gasteiger partial charge on any atom is 0.338 e. The van der Waals surface area contributed by atoms with Gasteiger partial charge in [0, 0.05) is 24.3 Å². The van der Waals surface area contributed by atoms with E-state index in [0.717, 1.165) is 24.3 Å². The summed E-state index contributed by atoms with van der Waals surface area (Å²) in [5.41, 5.74) is 0. The van der Waals surface area contributed by atoms with Crippen LogP contribution in [0.4, 0.5) is 0 Å². The molecule has 0 atom stereocenters. The molecule has 0 unspecified atom stereocenters. The molecule has 128 valence electrons. The van der Waals surface area contributed by atoms with Crippen LogP contribution in [0.25, 0.3) is 0 Å². The Morgan fingerprint density at radius 2 is 0.957 bits per heavy atom. The van der Waals surface area contributed by atoms with Gasteiger partial charge >= 0.3 is 23.9 Å². The Labute approximate surface area is 135 Å². The summed E-state index contributed by atoms with van der Waals surface area (Å²) in [5.74, 6) is -3.18. The maximum atomic E-state index is 11.3. The standard InChI is InChI=1S/C16H22O7/c1-11(2)9-21-13(17)5-7-15(19)23-16(20)8-6-14(18)22-10-12(3)4/h5-8,11-12H,9-10H2,1-4H3/b7-5-,8-6-. The van der Waals surface area contributed by atoms with Crippen molar-refractivity contribution < 1.29 is 33.4 Å². The van der Waals surface area contributed by atoms with Crippen LogP contribution in [0.2, 0.25) is 0 Å². The van der Waals surface area contributed by atoms with Crippen LogP contribution in [0, 0.1) is 11.8 Å². The van der Waals surface area contributed by atoms with E-state index in [4.69, 9.17) is 9.47 Å². The Bertz CT molecular complexity index is 443. The predicted molar refractivity (Wildman–Crippen MR) is 81.0 cm³/mol. The van der Waals surface area contributed by atoms with Gasteiger partial charge in [-0.2, -0.15) is 0 Å². The summed E-state index contributed by atoms with van der Waals surface area (Å²) in [6.45, 7) is 7.90. The molecule has 0 aromatic carbocycles. The molecule has 0 aromatic heterocycles. The van der Waals surface area contributed by atoms with Crippen molar-refractivity contribution in [3.63, 3.8) is 0 Å². The second-order valence-electron chi connectivity index (χ2n) is 5.45. The molecule has 0 aliphatic rings. The zero-order chi connectivity index (χ0) is 17.8. The Kier molecular flexibility index (Phi) is 9.99. The van der Waals surface area contributed by atoms with Gasteiger partial charge in [0.25, 0.3) is 0 Å². The topological polar surface area (TPSA) is 96.0 Å². The Hall–Kier alpha value is -2.44. The average Bonchev–Trinajstić information content (AvgIpc) is 2.46. The van der Waals surface area contributed by atoms with E-state index < -0.39 is 23.9 Å². The van der Waals surface area contributed by atoms with Gasteiger partial charge in [0.15, 0.2) is 0 Å².